The number of rotatable bonds is 3. The van der Waals surface area contributed by atoms with Gasteiger partial charge in [0.1, 0.15) is 0 Å². The maximum Gasteiger partial charge on any atom is 0.0806 e. The number of anilines is 1. The first-order chi connectivity index (χ1) is 8.09. The number of nitrogens with two attached hydrogens (primary N) is 1. The van der Waals surface area contributed by atoms with Gasteiger partial charge in [-0.2, -0.15) is 0 Å². The van der Waals surface area contributed by atoms with Crippen molar-refractivity contribution in [1.82, 2.24) is 0 Å². The van der Waals surface area contributed by atoms with Gasteiger partial charge in [0.15, 0.2) is 0 Å². The maximum atomic E-state index is 5.99. The van der Waals surface area contributed by atoms with Gasteiger partial charge in [0.05, 0.1) is 12.2 Å². The molecular formula is C15H19NO. The fourth-order valence-corrected chi connectivity index (χ4v) is 2.18. The molecule has 2 N–H and O–H groups in total. The molecule has 0 fully saturated rings. The minimum absolute atomic E-state index is 0.0838. The molecule has 2 heteroatoms. The average molecular weight is 229 g/mol. The lowest BCUT2D eigenvalue weighted by Gasteiger charge is -2.19. The van der Waals surface area contributed by atoms with Crippen LogP contribution in [-0.4, -0.2) is 6.10 Å². The fourth-order valence-electron chi connectivity index (χ4n) is 2.18. The second-order valence-corrected chi connectivity index (χ2v) is 4.62. The summed E-state index contributed by atoms with van der Waals surface area (Å²) in [5.41, 5.74) is 8.00. The van der Waals surface area contributed by atoms with Crippen LogP contribution in [0.3, 0.4) is 0 Å². The van der Waals surface area contributed by atoms with Gasteiger partial charge in [0.2, 0.25) is 0 Å². The number of fused-ring (bicyclic) bond motifs is 1. The van der Waals surface area contributed by atoms with E-state index in [1.165, 1.54) is 10.9 Å². The standard InChI is InChI=1S/C15H19NO/c1-10(2)17-11(3)12-8-9-15(16)14-7-5-4-6-13(12)14/h4-11H,16H2,1-3H3/t11-/m0/s1. The molecule has 0 aromatic heterocycles. The molecule has 0 amide bonds. The summed E-state index contributed by atoms with van der Waals surface area (Å²) in [4.78, 5) is 0. The smallest absolute Gasteiger partial charge is 0.0806 e. The molecule has 0 heterocycles. The van der Waals surface area contributed by atoms with Crippen LogP contribution < -0.4 is 5.73 Å². The maximum absolute atomic E-state index is 5.99. The van der Waals surface area contributed by atoms with Crippen LogP contribution in [0.5, 0.6) is 0 Å². The van der Waals surface area contributed by atoms with E-state index in [1.807, 2.05) is 18.2 Å². The third-order valence-corrected chi connectivity index (χ3v) is 2.91. The molecule has 0 spiro atoms. The first kappa shape index (κ1) is 11.9. The predicted molar refractivity (Wildman–Crippen MR) is 73.0 cm³/mol. The number of ether oxygens (including phenoxy) is 1. The molecule has 0 aliphatic carbocycles. The lowest BCUT2D eigenvalue weighted by molar-refractivity contribution is 0.0187. The van der Waals surface area contributed by atoms with Crippen LogP contribution in [0.25, 0.3) is 10.8 Å². The summed E-state index contributed by atoms with van der Waals surface area (Å²) in [6.45, 7) is 6.18. The molecule has 0 radical (unpaired) electrons. The summed E-state index contributed by atoms with van der Waals surface area (Å²) in [6, 6.07) is 12.2. The van der Waals surface area contributed by atoms with Crippen LogP contribution in [0.1, 0.15) is 32.4 Å². The second kappa shape index (κ2) is 4.76. The topological polar surface area (TPSA) is 35.2 Å². The number of nitrogen functional groups attached to an aromatic ring is 1. The first-order valence-electron chi connectivity index (χ1n) is 6.02. The minimum Gasteiger partial charge on any atom is -0.398 e. The van der Waals surface area contributed by atoms with E-state index in [1.54, 1.807) is 0 Å². The molecule has 0 aliphatic rings. The van der Waals surface area contributed by atoms with Crippen molar-refractivity contribution in [2.75, 3.05) is 5.73 Å². The number of hydrogen-bond donors (Lipinski definition) is 1. The van der Waals surface area contributed by atoms with Gasteiger partial charge in [-0.25, -0.2) is 0 Å². The quantitative estimate of drug-likeness (QED) is 0.810. The summed E-state index contributed by atoms with van der Waals surface area (Å²) < 4.78 is 5.84. The van der Waals surface area contributed by atoms with Crippen molar-refractivity contribution >= 4 is 16.5 Å². The van der Waals surface area contributed by atoms with Gasteiger partial charge in [-0.05, 0) is 37.8 Å². The van der Waals surface area contributed by atoms with E-state index in [-0.39, 0.29) is 12.2 Å². The summed E-state index contributed by atoms with van der Waals surface area (Å²) in [6.07, 6.45) is 0.307. The van der Waals surface area contributed by atoms with E-state index >= 15 is 0 Å². The van der Waals surface area contributed by atoms with E-state index in [2.05, 4.69) is 39.0 Å². The van der Waals surface area contributed by atoms with Crippen LogP contribution >= 0.6 is 0 Å². The molecule has 2 rings (SSSR count). The molecular weight excluding hydrogens is 210 g/mol. The van der Waals surface area contributed by atoms with Crippen molar-refractivity contribution in [3.8, 4) is 0 Å². The van der Waals surface area contributed by atoms with Crippen molar-refractivity contribution < 1.29 is 4.74 Å². The Balaban J connectivity index is 2.51. The van der Waals surface area contributed by atoms with Crippen molar-refractivity contribution in [2.45, 2.75) is 33.0 Å². The molecule has 0 saturated carbocycles. The van der Waals surface area contributed by atoms with Crippen LogP contribution in [0, 0.1) is 0 Å². The lowest BCUT2D eigenvalue weighted by Crippen LogP contribution is -2.08. The van der Waals surface area contributed by atoms with Crippen LogP contribution in [0.15, 0.2) is 36.4 Å². The highest BCUT2D eigenvalue weighted by molar-refractivity contribution is 5.95. The summed E-state index contributed by atoms with van der Waals surface area (Å²) >= 11 is 0. The zero-order chi connectivity index (χ0) is 12.4. The zero-order valence-corrected chi connectivity index (χ0v) is 10.6. The fraction of sp³-hybridized carbons (Fsp3) is 0.333. The highest BCUT2D eigenvalue weighted by Gasteiger charge is 2.12. The first-order valence-corrected chi connectivity index (χ1v) is 6.02. The highest BCUT2D eigenvalue weighted by Crippen LogP contribution is 2.30. The van der Waals surface area contributed by atoms with E-state index in [0.29, 0.717) is 0 Å². The Hall–Kier alpha value is -1.54. The third-order valence-electron chi connectivity index (χ3n) is 2.91. The molecule has 0 saturated heterocycles. The number of benzene rings is 2. The van der Waals surface area contributed by atoms with Crippen molar-refractivity contribution in [3.63, 3.8) is 0 Å². The highest BCUT2D eigenvalue weighted by atomic mass is 16.5. The van der Waals surface area contributed by atoms with E-state index in [9.17, 15) is 0 Å². The van der Waals surface area contributed by atoms with E-state index < -0.39 is 0 Å². The van der Waals surface area contributed by atoms with E-state index in [0.717, 1.165) is 11.1 Å². The molecule has 17 heavy (non-hydrogen) atoms. The van der Waals surface area contributed by atoms with Crippen LogP contribution in [0.4, 0.5) is 5.69 Å². The Labute approximate surface area is 102 Å². The molecule has 0 unspecified atom stereocenters. The van der Waals surface area contributed by atoms with Crippen LogP contribution in [-0.2, 0) is 4.74 Å². The van der Waals surface area contributed by atoms with E-state index in [4.69, 9.17) is 10.5 Å². The summed E-state index contributed by atoms with van der Waals surface area (Å²) in [7, 11) is 0. The Bertz CT molecular complexity index is 519. The Morgan fingerprint density at radius 1 is 0.941 bits per heavy atom. The second-order valence-electron chi connectivity index (χ2n) is 4.62. The molecule has 0 bridgehead atoms. The molecule has 2 nitrogen and oxygen atoms in total. The van der Waals surface area contributed by atoms with Gasteiger partial charge in [-0.1, -0.05) is 30.3 Å². The molecule has 2 aromatic rings. The van der Waals surface area contributed by atoms with Crippen molar-refractivity contribution in [3.05, 3.63) is 42.0 Å². The largest absolute Gasteiger partial charge is 0.398 e. The van der Waals surface area contributed by atoms with Gasteiger partial charge in [0.25, 0.3) is 0 Å². The molecule has 1 atom stereocenters. The van der Waals surface area contributed by atoms with Gasteiger partial charge in [-0.3, -0.25) is 0 Å². The summed E-state index contributed by atoms with van der Waals surface area (Å²) in [5, 5.41) is 2.28. The molecule has 0 aliphatic heterocycles. The van der Waals surface area contributed by atoms with Crippen LogP contribution in [0.2, 0.25) is 0 Å². The Morgan fingerprint density at radius 3 is 2.24 bits per heavy atom. The van der Waals surface area contributed by atoms with Gasteiger partial charge in [0, 0.05) is 11.1 Å². The average Bonchev–Trinajstić information content (AvgIpc) is 2.29. The van der Waals surface area contributed by atoms with Crippen molar-refractivity contribution in [1.29, 1.82) is 0 Å². The van der Waals surface area contributed by atoms with Gasteiger partial charge < -0.3 is 10.5 Å². The zero-order valence-electron chi connectivity index (χ0n) is 10.6. The Kier molecular flexibility index (Phi) is 3.34. The monoisotopic (exact) mass is 229 g/mol. The normalized spacial score (nSPS) is 13.2. The predicted octanol–water partition coefficient (Wildman–Crippen LogP) is 3.91. The SMILES string of the molecule is CC(C)O[C@@H](C)c1ccc(N)c2ccccc12. The minimum atomic E-state index is 0.0838. The lowest BCUT2D eigenvalue weighted by atomic mass is 10.00. The summed E-state index contributed by atoms with van der Waals surface area (Å²) in [5.74, 6) is 0. The van der Waals surface area contributed by atoms with Crippen molar-refractivity contribution in [2.24, 2.45) is 0 Å². The Morgan fingerprint density at radius 2 is 1.59 bits per heavy atom. The van der Waals surface area contributed by atoms with Gasteiger partial charge in [-0.15, -0.1) is 0 Å². The number of hydrogen-bond acceptors (Lipinski definition) is 2. The molecule has 2 aromatic carbocycles. The van der Waals surface area contributed by atoms with Gasteiger partial charge >= 0.3 is 0 Å². The third kappa shape index (κ3) is 2.42. The molecule has 90 valence electrons.